The molecule has 0 atom stereocenters. The topological polar surface area (TPSA) is 46.5 Å². The van der Waals surface area contributed by atoms with Crippen molar-refractivity contribution in [3.05, 3.63) is 72.8 Å². The number of ether oxygens (including phenoxy) is 1. The maximum atomic E-state index is 12.6. The summed E-state index contributed by atoms with van der Waals surface area (Å²) in [5, 5.41) is 11.1. The van der Waals surface area contributed by atoms with E-state index < -0.39 is 0 Å². The Morgan fingerprint density at radius 1 is 0.590 bits per heavy atom. The van der Waals surface area contributed by atoms with Crippen LogP contribution in [0, 0.1) is 0 Å². The Labute approximate surface area is 236 Å². The third-order valence-corrected chi connectivity index (χ3v) is 7.47. The lowest BCUT2D eigenvalue weighted by Crippen LogP contribution is -2.07. The van der Waals surface area contributed by atoms with Crippen LogP contribution in [0.3, 0.4) is 0 Å². The van der Waals surface area contributed by atoms with Gasteiger partial charge in [-0.15, -0.1) is 0 Å². The molecule has 39 heavy (non-hydrogen) atoms. The van der Waals surface area contributed by atoms with Gasteiger partial charge in [0.25, 0.3) is 0 Å². The van der Waals surface area contributed by atoms with Crippen molar-refractivity contribution in [2.45, 2.75) is 110 Å². The molecule has 0 amide bonds. The van der Waals surface area contributed by atoms with Crippen LogP contribution in [0.1, 0.15) is 110 Å². The van der Waals surface area contributed by atoms with Gasteiger partial charge < -0.3 is 9.84 Å². The molecule has 3 heteroatoms. The van der Waals surface area contributed by atoms with Crippen LogP contribution in [0.2, 0.25) is 0 Å². The summed E-state index contributed by atoms with van der Waals surface area (Å²) in [6.45, 7) is 2.27. The van der Waals surface area contributed by atoms with Gasteiger partial charge in [-0.1, -0.05) is 157 Å². The van der Waals surface area contributed by atoms with Crippen LogP contribution in [0.4, 0.5) is 0 Å². The molecule has 0 aliphatic heterocycles. The predicted molar refractivity (Wildman–Crippen MR) is 164 cm³/mol. The van der Waals surface area contributed by atoms with Crippen LogP contribution in [0.15, 0.2) is 72.8 Å². The Morgan fingerprint density at radius 2 is 0.974 bits per heavy atom. The second kappa shape index (κ2) is 18.3. The first-order valence-corrected chi connectivity index (χ1v) is 15.4. The number of carbonyl (C=O) groups excluding carboxylic acids is 1. The summed E-state index contributed by atoms with van der Waals surface area (Å²) in [5.74, 6) is 0.444. The van der Waals surface area contributed by atoms with Crippen LogP contribution < -0.4 is 4.74 Å². The van der Waals surface area contributed by atoms with Crippen LogP contribution in [0.5, 0.6) is 11.5 Å². The van der Waals surface area contributed by atoms with E-state index in [1.807, 2.05) is 60.7 Å². The number of rotatable bonds is 19. The molecule has 0 unspecified atom stereocenters. The molecule has 0 aromatic heterocycles. The number of aromatic hydroxyl groups is 1. The zero-order valence-corrected chi connectivity index (χ0v) is 24.0. The van der Waals surface area contributed by atoms with Crippen molar-refractivity contribution >= 4 is 5.97 Å². The highest BCUT2D eigenvalue weighted by Crippen LogP contribution is 2.41. The van der Waals surface area contributed by atoms with Crippen LogP contribution >= 0.6 is 0 Å². The first-order valence-electron chi connectivity index (χ1n) is 15.4. The van der Waals surface area contributed by atoms with Crippen LogP contribution in [-0.2, 0) is 4.79 Å². The molecular formula is C36H48O3. The van der Waals surface area contributed by atoms with Crippen molar-refractivity contribution in [3.63, 3.8) is 0 Å². The van der Waals surface area contributed by atoms with E-state index in [1.165, 1.54) is 83.5 Å². The molecule has 0 radical (unpaired) electrons. The van der Waals surface area contributed by atoms with Crippen molar-refractivity contribution < 1.29 is 14.6 Å². The van der Waals surface area contributed by atoms with Gasteiger partial charge in [0.1, 0.15) is 11.5 Å². The predicted octanol–water partition coefficient (Wildman–Crippen LogP) is 10.9. The van der Waals surface area contributed by atoms with Crippen molar-refractivity contribution in [2.75, 3.05) is 0 Å². The number of carbonyl (C=O) groups is 1. The van der Waals surface area contributed by atoms with Crippen LogP contribution in [0.25, 0.3) is 22.3 Å². The Kier molecular flexibility index (Phi) is 14.3. The fourth-order valence-corrected chi connectivity index (χ4v) is 5.17. The maximum absolute atomic E-state index is 12.6. The van der Waals surface area contributed by atoms with Gasteiger partial charge in [0, 0.05) is 17.5 Å². The Bertz CT molecular complexity index is 1010. The minimum Gasteiger partial charge on any atom is -0.507 e. The molecule has 3 aromatic carbocycles. The summed E-state index contributed by atoms with van der Waals surface area (Å²) in [6.07, 6.45) is 19.9. The zero-order valence-electron chi connectivity index (χ0n) is 24.0. The molecule has 0 aliphatic rings. The van der Waals surface area contributed by atoms with E-state index in [2.05, 4.69) is 6.92 Å². The largest absolute Gasteiger partial charge is 0.507 e. The van der Waals surface area contributed by atoms with Gasteiger partial charge >= 0.3 is 5.97 Å². The van der Waals surface area contributed by atoms with Gasteiger partial charge in [0.05, 0.1) is 0 Å². The second-order valence-corrected chi connectivity index (χ2v) is 10.8. The van der Waals surface area contributed by atoms with E-state index >= 15 is 0 Å². The second-order valence-electron chi connectivity index (χ2n) is 10.8. The third kappa shape index (κ3) is 11.3. The summed E-state index contributed by atoms with van der Waals surface area (Å²) >= 11 is 0. The van der Waals surface area contributed by atoms with Gasteiger partial charge in [0.2, 0.25) is 0 Å². The van der Waals surface area contributed by atoms with Crippen molar-refractivity contribution in [1.82, 2.24) is 0 Å². The number of benzene rings is 3. The molecule has 0 heterocycles. The van der Waals surface area contributed by atoms with Crippen LogP contribution in [-0.4, -0.2) is 11.1 Å². The highest BCUT2D eigenvalue weighted by molar-refractivity contribution is 5.84. The smallest absolute Gasteiger partial charge is 0.311 e. The summed E-state index contributed by atoms with van der Waals surface area (Å²) in [4.78, 5) is 12.6. The van der Waals surface area contributed by atoms with Crippen molar-refractivity contribution in [3.8, 4) is 33.8 Å². The first kappa shape index (κ1) is 30.5. The fraction of sp³-hybridized carbons (Fsp3) is 0.472. The number of esters is 1. The quantitative estimate of drug-likeness (QED) is 0.0956. The lowest BCUT2D eigenvalue weighted by Gasteiger charge is -2.14. The molecule has 3 nitrogen and oxygen atoms in total. The van der Waals surface area contributed by atoms with Crippen molar-refractivity contribution in [2.24, 2.45) is 0 Å². The van der Waals surface area contributed by atoms with Gasteiger partial charge in [-0.05, 0) is 29.7 Å². The van der Waals surface area contributed by atoms with Gasteiger partial charge in [0.15, 0.2) is 0 Å². The van der Waals surface area contributed by atoms with E-state index in [0.29, 0.717) is 23.3 Å². The van der Waals surface area contributed by atoms with Gasteiger partial charge in [-0.25, -0.2) is 0 Å². The highest BCUT2D eigenvalue weighted by Gasteiger charge is 2.16. The Hall–Kier alpha value is -3.07. The molecule has 210 valence electrons. The van der Waals surface area contributed by atoms with E-state index in [-0.39, 0.29) is 11.7 Å². The molecule has 3 rings (SSSR count). The van der Waals surface area contributed by atoms with E-state index in [1.54, 1.807) is 12.1 Å². The number of hydrogen-bond donors (Lipinski definition) is 1. The number of phenolic OH excluding ortho intramolecular Hbond substituents is 1. The highest BCUT2D eigenvalue weighted by atomic mass is 16.5. The maximum Gasteiger partial charge on any atom is 0.311 e. The Balaban J connectivity index is 1.37. The molecule has 1 N–H and O–H groups in total. The molecule has 0 saturated carbocycles. The molecule has 0 fully saturated rings. The first-order chi connectivity index (χ1) is 19.2. The summed E-state index contributed by atoms with van der Waals surface area (Å²) < 4.78 is 5.76. The molecule has 0 spiro atoms. The summed E-state index contributed by atoms with van der Waals surface area (Å²) in [7, 11) is 0. The third-order valence-electron chi connectivity index (χ3n) is 7.47. The summed E-state index contributed by atoms with van der Waals surface area (Å²) in [5.41, 5.74) is 3.08. The standard InChI is InChI=1S/C36H48O3/c1-2-3-4-5-6-7-8-9-10-11-12-13-14-15-22-27-35(37)39-32-28-33(30-23-18-16-19-24-30)36(38)34(29-32)31-25-20-17-21-26-31/h16-21,23-26,28-29,38H,2-15,22,27H2,1H3. The average molecular weight is 529 g/mol. The van der Waals surface area contributed by atoms with E-state index in [9.17, 15) is 9.90 Å². The molecule has 0 bridgehead atoms. The van der Waals surface area contributed by atoms with E-state index in [4.69, 9.17) is 4.74 Å². The Morgan fingerprint density at radius 3 is 1.38 bits per heavy atom. The monoisotopic (exact) mass is 528 g/mol. The fourth-order valence-electron chi connectivity index (χ4n) is 5.17. The number of unbranched alkanes of at least 4 members (excludes halogenated alkanes) is 14. The zero-order chi connectivity index (χ0) is 27.5. The average Bonchev–Trinajstić information content (AvgIpc) is 2.97. The molecule has 3 aromatic rings. The SMILES string of the molecule is CCCCCCCCCCCCCCCCCC(=O)Oc1cc(-c2ccccc2)c(O)c(-c2ccccc2)c1. The number of hydrogen-bond acceptors (Lipinski definition) is 3. The molecule has 0 saturated heterocycles. The lowest BCUT2D eigenvalue weighted by molar-refractivity contribution is -0.134. The molecular weight excluding hydrogens is 480 g/mol. The van der Waals surface area contributed by atoms with Gasteiger partial charge in [-0.2, -0.15) is 0 Å². The van der Waals surface area contributed by atoms with Gasteiger partial charge in [-0.3, -0.25) is 4.79 Å². The normalized spacial score (nSPS) is 11.0. The van der Waals surface area contributed by atoms with E-state index in [0.717, 1.165) is 24.0 Å². The number of phenols is 1. The summed E-state index contributed by atoms with van der Waals surface area (Å²) in [6, 6.07) is 23.0. The molecule has 0 aliphatic carbocycles. The van der Waals surface area contributed by atoms with Crippen molar-refractivity contribution in [1.29, 1.82) is 0 Å². The lowest BCUT2D eigenvalue weighted by atomic mass is 9.97. The minimum absolute atomic E-state index is 0.189. The minimum atomic E-state index is -0.214.